The van der Waals surface area contributed by atoms with Crippen LogP contribution in [0.3, 0.4) is 0 Å². The molecule has 0 saturated heterocycles. The molecular weight excluding hydrogens is 512 g/mol. The van der Waals surface area contributed by atoms with Gasteiger partial charge in [0.1, 0.15) is 0 Å². The predicted molar refractivity (Wildman–Crippen MR) is 150 cm³/mol. The Hall–Kier alpha value is -5.38. The number of para-hydroxylation sites is 2. The van der Waals surface area contributed by atoms with E-state index in [9.17, 15) is 29.8 Å². The van der Waals surface area contributed by atoms with Gasteiger partial charge in [-0.1, -0.05) is 48.5 Å². The first-order valence-corrected chi connectivity index (χ1v) is 12.6. The van der Waals surface area contributed by atoms with Gasteiger partial charge in [-0.2, -0.15) is 0 Å². The molecule has 40 heavy (non-hydrogen) atoms. The number of carbonyl (C=O) groups is 2. The summed E-state index contributed by atoms with van der Waals surface area (Å²) in [5, 5.41) is 22.7. The fourth-order valence-corrected chi connectivity index (χ4v) is 5.15. The van der Waals surface area contributed by atoms with E-state index in [1.807, 2.05) is 25.1 Å². The summed E-state index contributed by atoms with van der Waals surface area (Å²) < 4.78 is 0. The number of hydrogen-bond donors (Lipinski definition) is 0. The molecule has 4 aromatic carbocycles. The van der Waals surface area contributed by atoms with Crippen molar-refractivity contribution < 1.29 is 19.4 Å². The molecule has 2 atom stereocenters. The van der Waals surface area contributed by atoms with Gasteiger partial charge in [0, 0.05) is 52.8 Å². The molecule has 5 rings (SSSR count). The molecule has 0 N–H and O–H groups in total. The normalized spacial score (nSPS) is 16.1. The number of nitro benzene ring substituents is 2. The molecule has 0 unspecified atom stereocenters. The Kier molecular flexibility index (Phi) is 7.07. The number of benzene rings is 4. The van der Waals surface area contributed by atoms with Crippen molar-refractivity contribution in [3.63, 3.8) is 0 Å². The van der Waals surface area contributed by atoms with Crippen LogP contribution in [-0.2, 0) is 0 Å². The molecule has 1 aliphatic rings. The third-order valence-corrected chi connectivity index (χ3v) is 6.95. The summed E-state index contributed by atoms with van der Waals surface area (Å²) in [6.07, 6.45) is 0.354. The number of carbonyl (C=O) groups excluding carboxylic acids is 2. The molecular formula is C30H24N4O6. The zero-order chi connectivity index (χ0) is 28.4. The quantitative estimate of drug-likeness (QED) is 0.209. The van der Waals surface area contributed by atoms with Gasteiger partial charge in [-0.25, -0.2) is 0 Å². The van der Waals surface area contributed by atoms with Gasteiger partial charge in [-0.05, 0) is 49.2 Å². The Morgan fingerprint density at radius 3 is 2.00 bits per heavy atom. The fourth-order valence-electron chi connectivity index (χ4n) is 5.15. The number of nitrogens with zero attached hydrogens (tertiary/aromatic N) is 4. The molecule has 0 aromatic heterocycles. The Morgan fingerprint density at radius 2 is 1.35 bits per heavy atom. The second-order valence-corrected chi connectivity index (χ2v) is 9.46. The summed E-state index contributed by atoms with van der Waals surface area (Å²) >= 11 is 0. The van der Waals surface area contributed by atoms with Crippen LogP contribution in [0.25, 0.3) is 0 Å². The lowest BCUT2D eigenvalue weighted by molar-refractivity contribution is -0.385. The van der Waals surface area contributed by atoms with E-state index in [2.05, 4.69) is 0 Å². The average Bonchev–Trinajstić information content (AvgIpc) is 2.97. The Labute approximate surface area is 229 Å². The van der Waals surface area contributed by atoms with Gasteiger partial charge >= 0.3 is 0 Å². The Balaban J connectivity index is 1.60. The SMILES string of the molecule is C[C@H]1C[C@H](N(C(=O)c2cccc([N+](=O)[O-])c2)c2ccccc2)c2ccccc2N1C(=O)c1cccc([N+](=O)[O-])c1. The first-order chi connectivity index (χ1) is 19.3. The first kappa shape index (κ1) is 26.2. The van der Waals surface area contributed by atoms with Gasteiger partial charge in [0.2, 0.25) is 0 Å². The van der Waals surface area contributed by atoms with Crippen molar-refractivity contribution in [2.45, 2.75) is 25.4 Å². The lowest BCUT2D eigenvalue weighted by atomic mass is 9.89. The van der Waals surface area contributed by atoms with Crippen molar-refractivity contribution >= 4 is 34.6 Å². The highest BCUT2D eigenvalue weighted by Gasteiger charge is 2.39. The van der Waals surface area contributed by atoms with E-state index >= 15 is 0 Å². The van der Waals surface area contributed by atoms with E-state index in [1.54, 1.807) is 58.3 Å². The number of nitro groups is 2. The van der Waals surface area contributed by atoms with Crippen molar-refractivity contribution in [2.24, 2.45) is 0 Å². The molecule has 1 aliphatic heterocycles. The summed E-state index contributed by atoms with van der Waals surface area (Å²) in [4.78, 5) is 52.6. The number of amides is 2. The minimum absolute atomic E-state index is 0.165. The fraction of sp³-hybridized carbons (Fsp3) is 0.133. The molecule has 0 aliphatic carbocycles. The molecule has 0 saturated carbocycles. The molecule has 200 valence electrons. The van der Waals surface area contributed by atoms with E-state index in [1.165, 1.54) is 36.4 Å². The van der Waals surface area contributed by atoms with Crippen molar-refractivity contribution in [1.29, 1.82) is 0 Å². The predicted octanol–water partition coefficient (Wildman–Crippen LogP) is 6.33. The zero-order valence-electron chi connectivity index (χ0n) is 21.4. The molecule has 2 amide bonds. The van der Waals surface area contributed by atoms with E-state index < -0.39 is 33.7 Å². The maximum absolute atomic E-state index is 14.0. The largest absolute Gasteiger partial charge is 0.305 e. The van der Waals surface area contributed by atoms with Gasteiger partial charge in [0.25, 0.3) is 23.2 Å². The summed E-state index contributed by atoms with van der Waals surface area (Å²) in [6.45, 7) is 1.86. The van der Waals surface area contributed by atoms with Gasteiger partial charge in [-0.3, -0.25) is 29.8 Å². The standard InChI is InChI=1S/C30H24N4O6/c1-20-17-28(32(23-11-3-2-4-12-23)30(36)22-10-8-14-25(19-22)34(39)40)26-15-5-6-16-27(26)31(20)29(35)21-9-7-13-24(18-21)33(37)38/h2-16,18-20,28H,17H2,1H3/t20-,28-/m0/s1. The number of fused-ring (bicyclic) bond motifs is 1. The average molecular weight is 537 g/mol. The minimum Gasteiger partial charge on any atom is -0.305 e. The molecule has 0 bridgehead atoms. The number of rotatable bonds is 6. The van der Waals surface area contributed by atoms with Crippen LogP contribution in [0, 0.1) is 20.2 Å². The van der Waals surface area contributed by atoms with E-state index in [0.717, 1.165) is 0 Å². The molecule has 0 radical (unpaired) electrons. The number of non-ortho nitro benzene ring substituents is 2. The van der Waals surface area contributed by atoms with Crippen molar-refractivity contribution in [2.75, 3.05) is 9.80 Å². The highest BCUT2D eigenvalue weighted by molar-refractivity contribution is 6.09. The van der Waals surface area contributed by atoms with Crippen LogP contribution in [0.1, 0.15) is 45.7 Å². The first-order valence-electron chi connectivity index (χ1n) is 12.6. The van der Waals surface area contributed by atoms with Gasteiger partial charge in [0.15, 0.2) is 0 Å². The number of anilines is 2. The summed E-state index contributed by atoms with van der Waals surface area (Å²) in [5.41, 5.74) is 1.87. The minimum atomic E-state index is -0.544. The number of hydrogen-bond acceptors (Lipinski definition) is 6. The molecule has 0 spiro atoms. The summed E-state index contributed by atoms with van der Waals surface area (Å²) in [6, 6.07) is 26.6. The van der Waals surface area contributed by atoms with Crippen molar-refractivity contribution in [1.82, 2.24) is 0 Å². The highest BCUT2D eigenvalue weighted by Crippen LogP contribution is 2.43. The third-order valence-electron chi connectivity index (χ3n) is 6.95. The van der Waals surface area contributed by atoms with Crippen molar-refractivity contribution in [3.05, 3.63) is 140 Å². The molecule has 10 heteroatoms. The van der Waals surface area contributed by atoms with E-state index in [4.69, 9.17) is 0 Å². The Morgan fingerprint density at radius 1 is 0.775 bits per heavy atom. The van der Waals surface area contributed by atoms with E-state index in [-0.39, 0.29) is 22.5 Å². The smallest absolute Gasteiger partial charge is 0.270 e. The third kappa shape index (κ3) is 4.90. The van der Waals surface area contributed by atoms with E-state index in [0.29, 0.717) is 23.4 Å². The van der Waals surface area contributed by atoms with Crippen LogP contribution in [0.5, 0.6) is 0 Å². The van der Waals surface area contributed by atoms with Gasteiger partial charge in [-0.15, -0.1) is 0 Å². The highest BCUT2D eigenvalue weighted by atomic mass is 16.6. The topological polar surface area (TPSA) is 127 Å². The van der Waals surface area contributed by atoms with Crippen LogP contribution in [-0.4, -0.2) is 27.7 Å². The molecule has 1 heterocycles. The second kappa shape index (κ2) is 10.8. The monoisotopic (exact) mass is 536 g/mol. The maximum atomic E-state index is 14.0. The van der Waals surface area contributed by atoms with Crippen molar-refractivity contribution in [3.8, 4) is 0 Å². The molecule has 4 aromatic rings. The van der Waals surface area contributed by atoms with Crippen LogP contribution in [0.2, 0.25) is 0 Å². The van der Waals surface area contributed by atoms with Crippen LogP contribution >= 0.6 is 0 Å². The lowest BCUT2D eigenvalue weighted by Gasteiger charge is -2.43. The maximum Gasteiger partial charge on any atom is 0.270 e. The second-order valence-electron chi connectivity index (χ2n) is 9.46. The zero-order valence-corrected chi connectivity index (χ0v) is 21.4. The molecule has 0 fully saturated rings. The van der Waals surface area contributed by atoms with Gasteiger partial charge in [0.05, 0.1) is 15.9 Å². The lowest BCUT2D eigenvalue weighted by Crippen LogP contribution is -2.47. The summed E-state index contributed by atoms with van der Waals surface area (Å²) in [7, 11) is 0. The summed E-state index contributed by atoms with van der Waals surface area (Å²) in [5.74, 6) is -0.807. The van der Waals surface area contributed by atoms with Crippen LogP contribution < -0.4 is 9.80 Å². The van der Waals surface area contributed by atoms with Crippen LogP contribution in [0.15, 0.2) is 103 Å². The van der Waals surface area contributed by atoms with Crippen LogP contribution in [0.4, 0.5) is 22.7 Å². The Bertz CT molecular complexity index is 1620. The van der Waals surface area contributed by atoms with Gasteiger partial charge < -0.3 is 9.80 Å². The molecule has 10 nitrogen and oxygen atoms in total.